The summed E-state index contributed by atoms with van der Waals surface area (Å²) in [6.45, 7) is 1.87. The van der Waals surface area contributed by atoms with Gasteiger partial charge in [0.15, 0.2) is 0 Å². The Kier molecular flexibility index (Phi) is 7.98. The minimum absolute atomic E-state index is 0. The van der Waals surface area contributed by atoms with Crippen LogP contribution in [-0.4, -0.2) is 35.2 Å². The predicted molar refractivity (Wildman–Crippen MR) is 114 cm³/mol. The van der Waals surface area contributed by atoms with Crippen LogP contribution in [0.3, 0.4) is 0 Å². The number of ether oxygens (including phenoxy) is 1. The molecule has 0 spiro atoms. The molecule has 0 unspecified atom stereocenters. The molecule has 2 heterocycles. The van der Waals surface area contributed by atoms with E-state index in [1.54, 1.807) is 6.33 Å². The Morgan fingerprint density at radius 1 is 1.07 bits per heavy atom. The topological polar surface area (TPSA) is 64.3 Å². The molecule has 5 nitrogen and oxygen atoms in total. The number of piperidine rings is 1. The van der Waals surface area contributed by atoms with Gasteiger partial charge in [-0.2, -0.15) is 0 Å². The Hall–Kier alpha value is -1.27. The summed E-state index contributed by atoms with van der Waals surface area (Å²) < 4.78 is 6.06. The number of rotatable bonds is 4. The summed E-state index contributed by atoms with van der Waals surface area (Å²) in [4.78, 5) is 11.2. The van der Waals surface area contributed by atoms with Gasteiger partial charge in [-0.1, -0.05) is 17.7 Å². The lowest BCUT2D eigenvalue weighted by atomic mass is 9.78. The zero-order valence-corrected chi connectivity index (χ0v) is 17.3. The highest BCUT2D eigenvalue weighted by molar-refractivity contribution is 6.30. The maximum atomic E-state index is 6.06. The lowest BCUT2D eigenvalue weighted by Gasteiger charge is -2.34. The molecule has 1 aromatic carbocycles. The summed E-state index contributed by atoms with van der Waals surface area (Å²) in [5.41, 5.74) is 7.03. The highest BCUT2D eigenvalue weighted by Gasteiger charge is 2.29. The van der Waals surface area contributed by atoms with Crippen LogP contribution in [0.4, 0.5) is 5.82 Å². The number of hydrogen-bond acceptors (Lipinski definition) is 5. The van der Waals surface area contributed by atoms with Crippen LogP contribution in [0.25, 0.3) is 0 Å². The van der Waals surface area contributed by atoms with E-state index in [4.69, 9.17) is 22.1 Å². The Balaban J connectivity index is 0.00000131. The van der Waals surface area contributed by atoms with E-state index in [1.165, 1.54) is 0 Å². The summed E-state index contributed by atoms with van der Waals surface area (Å²) in [6.07, 6.45) is 5.92. The van der Waals surface area contributed by atoms with Gasteiger partial charge in [-0.25, -0.2) is 9.97 Å². The van der Waals surface area contributed by atoms with Crippen LogP contribution in [0.15, 0.2) is 36.7 Å². The fourth-order valence-corrected chi connectivity index (χ4v) is 3.78. The van der Waals surface area contributed by atoms with Crippen molar-refractivity contribution < 1.29 is 4.74 Å². The van der Waals surface area contributed by atoms with E-state index in [0.717, 1.165) is 56.0 Å². The smallest absolute Gasteiger partial charge is 0.132 e. The molecule has 0 bridgehead atoms. The number of nitrogens with two attached hydrogens (primary N) is 1. The van der Waals surface area contributed by atoms with Crippen LogP contribution in [0.5, 0.6) is 5.75 Å². The van der Waals surface area contributed by atoms with Gasteiger partial charge < -0.3 is 15.4 Å². The lowest BCUT2D eigenvalue weighted by Crippen LogP contribution is -2.39. The van der Waals surface area contributed by atoms with E-state index in [0.29, 0.717) is 17.0 Å². The van der Waals surface area contributed by atoms with Crippen LogP contribution in [0, 0.1) is 0 Å². The SMILES string of the molecule is Cl.Cl.NC1CC(c2cc(N3CCC(Oc4cccc(Cl)c4)CC3)ncn2)C1. The molecule has 2 aliphatic rings. The number of nitrogens with zero attached hydrogens (tertiary/aromatic N) is 3. The molecule has 0 amide bonds. The number of hydrogen-bond donors (Lipinski definition) is 1. The minimum atomic E-state index is 0. The molecule has 4 rings (SSSR count). The van der Waals surface area contributed by atoms with Gasteiger partial charge in [-0.15, -0.1) is 24.8 Å². The van der Waals surface area contributed by atoms with Crippen LogP contribution < -0.4 is 15.4 Å². The van der Waals surface area contributed by atoms with Gasteiger partial charge in [0, 0.05) is 54.7 Å². The van der Waals surface area contributed by atoms with E-state index in [9.17, 15) is 0 Å². The number of benzene rings is 1. The maximum absolute atomic E-state index is 6.06. The quantitative estimate of drug-likeness (QED) is 0.785. The summed E-state index contributed by atoms with van der Waals surface area (Å²) >= 11 is 6.02. The molecule has 0 radical (unpaired) electrons. The Bertz CT molecular complexity index is 734. The molecule has 27 heavy (non-hydrogen) atoms. The summed E-state index contributed by atoms with van der Waals surface area (Å²) in [5.74, 6) is 2.36. The van der Waals surface area contributed by atoms with Crippen molar-refractivity contribution in [1.29, 1.82) is 0 Å². The van der Waals surface area contributed by atoms with Crippen molar-refractivity contribution in [2.75, 3.05) is 18.0 Å². The first-order valence-corrected chi connectivity index (χ1v) is 9.30. The second-order valence-corrected chi connectivity index (χ2v) is 7.43. The van der Waals surface area contributed by atoms with Crippen molar-refractivity contribution in [3.8, 4) is 5.75 Å². The van der Waals surface area contributed by atoms with Gasteiger partial charge in [-0.05, 0) is 31.0 Å². The first kappa shape index (κ1) is 22.0. The van der Waals surface area contributed by atoms with E-state index in [1.807, 2.05) is 24.3 Å². The average molecular weight is 432 g/mol. The van der Waals surface area contributed by atoms with Gasteiger partial charge in [0.25, 0.3) is 0 Å². The maximum Gasteiger partial charge on any atom is 0.132 e. The van der Waals surface area contributed by atoms with Crippen LogP contribution >= 0.6 is 36.4 Å². The molecular weight excluding hydrogens is 407 g/mol. The first-order valence-electron chi connectivity index (χ1n) is 8.92. The zero-order valence-electron chi connectivity index (χ0n) is 15.0. The summed E-state index contributed by atoms with van der Waals surface area (Å²) in [6, 6.07) is 10.1. The van der Waals surface area contributed by atoms with Crippen molar-refractivity contribution in [2.45, 2.75) is 43.7 Å². The Morgan fingerprint density at radius 2 is 1.81 bits per heavy atom. The highest BCUT2D eigenvalue weighted by atomic mass is 35.5. The molecule has 1 saturated heterocycles. The molecule has 2 N–H and O–H groups in total. The molecule has 0 atom stereocenters. The third-order valence-corrected chi connectivity index (χ3v) is 5.37. The molecule has 2 fully saturated rings. The Morgan fingerprint density at radius 3 is 2.48 bits per heavy atom. The molecule has 2 aromatic rings. The molecule has 1 saturated carbocycles. The summed E-state index contributed by atoms with van der Waals surface area (Å²) in [5, 5.41) is 0.708. The van der Waals surface area contributed by atoms with Gasteiger partial charge in [-0.3, -0.25) is 0 Å². The predicted octanol–water partition coefficient (Wildman–Crippen LogP) is 4.23. The average Bonchev–Trinajstić information content (AvgIpc) is 2.60. The number of halogens is 3. The van der Waals surface area contributed by atoms with Gasteiger partial charge >= 0.3 is 0 Å². The molecular formula is C19H25Cl3N4O. The number of aromatic nitrogens is 2. The van der Waals surface area contributed by atoms with Crippen molar-refractivity contribution in [1.82, 2.24) is 9.97 Å². The van der Waals surface area contributed by atoms with Gasteiger partial charge in [0.1, 0.15) is 24.0 Å². The minimum Gasteiger partial charge on any atom is -0.490 e. The Labute approximate surface area is 177 Å². The largest absolute Gasteiger partial charge is 0.490 e. The third-order valence-electron chi connectivity index (χ3n) is 5.13. The van der Waals surface area contributed by atoms with Gasteiger partial charge in [0.2, 0.25) is 0 Å². The standard InChI is InChI=1S/C19H23ClN4O.2ClH/c20-14-2-1-3-17(10-14)25-16-4-6-24(7-5-16)19-11-18(22-12-23-19)13-8-15(21)9-13;;/h1-3,10-13,15-16H,4-9,21H2;2*1H. The van der Waals surface area contributed by atoms with Crippen LogP contribution in [0.1, 0.15) is 37.3 Å². The van der Waals surface area contributed by atoms with E-state index in [-0.39, 0.29) is 30.9 Å². The van der Waals surface area contributed by atoms with E-state index in [2.05, 4.69) is 20.9 Å². The molecule has 1 aromatic heterocycles. The highest BCUT2D eigenvalue weighted by Crippen LogP contribution is 2.35. The zero-order chi connectivity index (χ0) is 17.2. The monoisotopic (exact) mass is 430 g/mol. The fraction of sp³-hybridized carbons (Fsp3) is 0.474. The van der Waals surface area contributed by atoms with Crippen LogP contribution in [0.2, 0.25) is 5.02 Å². The lowest BCUT2D eigenvalue weighted by molar-refractivity contribution is 0.170. The molecule has 8 heteroatoms. The van der Waals surface area contributed by atoms with E-state index < -0.39 is 0 Å². The van der Waals surface area contributed by atoms with Crippen molar-refractivity contribution in [2.24, 2.45) is 5.73 Å². The van der Waals surface area contributed by atoms with Crippen molar-refractivity contribution in [3.63, 3.8) is 0 Å². The molecule has 1 aliphatic heterocycles. The van der Waals surface area contributed by atoms with Gasteiger partial charge in [0.05, 0.1) is 0 Å². The fourth-order valence-electron chi connectivity index (χ4n) is 3.60. The third kappa shape index (κ3) is 5.38. The molecule has 148 valence electrons. The van der Waals surface area contributed by atoms with Crippen molar-refractivity contribution >= 4 is 42.2 Å². The normalized spacial score (nSPS) is 22.2. The molecule has 1 aliphatic carbocycles. The first-order chi connectivity index (χ1) is 12.2. The second-order valence-electron chi connectivity index (χ2n) is 6.99. The summed E-state index contributed by atoms with van der Waals surface area (Å²) in [7, 11) is 0. The van der Waals surface area contributed by atoms with E-state index >= 15 is 0 Å². The van der Waals surface area contributed by atoms with Crippen molar-refractivity contribution in [3.05, 3.63) is 47.4 Å². The number of anilines is 1. The second kappa shape index (κ2) is 9.78. The van der Waals surface area contributed by atoms with Crippen LogP contribution in [-0.2, 0) is 0 Å².